The lowest BCUT2D eigenvalue weighted by Crippen LogP contribution is -1.97. The molecule has 1 aromatic carbocycles. The van der Waals surface area contributed by atoms with Crippen LogP contribution >= 0.6 is 0 Å². The number of nitrogens with two attached hydrogens (primary N) is 1. The third-order valence-corrected chi connectivity index (χ3v) is 1.38. The molecule has 0 saturated carbocycles. The average molecular weight is 161 g/mol. The van der Waals surface area contributed by atoms with Gasteiger partial charge in [0.05, 0.1) is 0 Å². The van der Waals surface area contributed by atoms with Gasteiger partial charge in [-0.2, -0.15) is 5.26 Å². The lowest BCUT2D eigenvalue weighted by Gasteiger charge is -2.00. The van der Waals surface area contributed by atoms with Gasteiger partial charge in [0.15, 0.2) is 6.61 Å². The van der Waals surface area contributed by atoms with Crippen LogP contribution in [0.4, 0.5) is 0 Å². The molecule has 1 aromatic rings. The molecule has 0 unspecified atom stereocenters. The molecule has 0 atom stereocenters. The average Bonchev–Trinajstić information content (AvgIpc) is 2.15. The lowest BCUT2D eigenvalue weighted by atomic mass is 10.2. The highest BCUT2D eigenvalue weighted by molar-refractivity contribution is 5.25. The minimum absolute atomic E-state index is 0.0540. The molecule has 1 radical (unpaired) electrons. The Kier molecular flexibility index (Phi) is 3.12. The Labute approximate surface area is 71.4 Å². The van der Waals surface area contributed by atoms with Crippen LogP contribution in [0.15, 0.2) is 18.2 Å². The van der Waals surface area contributed by atoms with E-state index in [2.05, 4.69) is 6.07 Å². The zero-order valence-electron chi connectivity index (χ0n) is 6.58. The van der Waals surface area contributed by atoms with Gasteiger partial charge in [0.25, 0.3) is 0 Å². The van der Waals surface area contributed by atoms with Crippen LogP contribution in [0.3, 0.4) is 0 Å². The maximum Gasteiger partial charge on any atom is 0.174 e. The Bertz CT molecular complexity index is 274. The van der Waals surface area contributed by atoms with Gasteiger partial charge < -0.3 is 10.5 Å². The van der Waals surface area contributed by atoms with Crippen LogP contribution in [0.5, 0.6) is 5.75 Å². The fraction of sp³-hybridized carbons (Fsp3) is 0.222. The van der Waals surface area contributed by atoms with Gasteiger partial charge in [0, 0.05) is 12.6 Å². The van der Waals surface area contributed by atoms with E-state index in [-0.39, 0.29) is 6.61 Å². The molecule has 0 aliphatic rings. The van der Waals surface area contributed by atoms with Crippen LogP contribution in [0.2, 0.25) is 0 Å². The first kappa shape index (κ1) is 8.57. The van der Waals surface area contributed by atoms with Crippen molar-refractivity contribution >= 4 is 0 Å². The summed E-state index contributed by atoms with van der Waals surface area (Å²) < 4.78 is 5.00. The van der Waals surface area contributed by atoms with Gasteiger partial charge in [0.1, 0.15) is 11.8 Å². The smallest absolute Gasteiger partial charge is 0.174 e. The number of nitriles is 1. The topological polar surface area (TPSA) is 59.0 Å². The zero-order valence-corrected chi connectivity index (χ0v) is 6.58. The van der Waals surface area contributed by atoms with E-state index in [4.69, 9.17) is 15.7 Å². The van der Waals surface area contributed by atoms with Crippen molar-refractivity contribution in [2.75, 3.05) is 6.61 Å². The first-order valence-corrected chi connectivity index (χ1v) is 3.57. The molecule has 0 heterocycles. The van der Waals surface area contributed by atoms with Crippen molar-refractivity contribution in [2.24, 2.45) is 5.73 Å². The Morgan fingerprint density at radius 1 is 1.58 bits per heavy atom. The van der Waals surface area contributed by atoms with E-state index in [9.17, 15) is 0 Å². The van der Waals surface area contributed by atoms with Gasteiger partial charge in [-0.25, -0.2) is 0 Å². The predicted octanol–water partition coefficient (Wildman–Crippen LogP) is 0.848. The van der Waals surface area contributed by atoms with Crippen molar-refractivity contribution in [3.05, 3.63) is 29.8 Å². The molecule has 1 rings (SSSR count). The van der Waals surface area contributed by atoms with Gasteiger partial charge in [0.2, 0.25) is 0 Å². The van der Waals surface area contributed by atoms with Crippen LogP contribution < -0.4 is 10.5 Å². The van der Waals surface area contributed by atoms with Gasteiger partial charge in [-0.3, -0.25) is 0 Å². The highest BCUT2D eigenvalue weighted by Gasteiger charge is 1.92. The summed E-state index contributed by atoms with van der Waals surface area (Å²) in [6.07, 6.45) is 0. The molecule has 3 heteroatoms. The zero-order chi connectivity index (χ0) is 8.81. The van der Waals surface area contributed by atoms with Crippen molar-refractivity contribution in [3.63, 3.8) is 0 Å². The van der Waals surface area contributed by atoms with Crippen molar-refractivity contribution in [1.29, 1.82) is 5.26 Å². The first-order valence-electron chi connectivity index (χ1n) is 3.57. The van der Waals surface area contributed by atoms with E-state index in [1.165, 1.54) is 0 Å². The minimum atomic E-state index is 0.0540. The van der Waals surface area contributed by atoms with Crippen LogP contribution in [0.1, 0.15) is 5.56 Å². The molecule has 3 nitrogen and oxygen atoms in total. The summed E-state index contributed by atoms with van der Waals surface area (Å²) in [5.74, 6) is 0.578. The van der Waals surface area contributed by atoms with Gasteiger partial charge in [-0.15, -0.1) is 0 Å². The molecule has 0 aliphatic heterocycles. The predicted molar refractivity (Wildman–Crippen MR) is 44.3 cm³/mol. The van der Waals surface area contributed by atoms with Crippen molar-refractivity contribution < 1.29 is 4.74 Å². The molecule has 0 aromatic heterocycles. The molecule has 0 bridgehead atoms. The van der Waals surface area contributed by atoms with Gasteiger partial charge in [-0.05, 0) is 17.7 Å². The minimum Gasteiger partial charge on any atom is -0.478 e. The van der Waals surface area contributed by atoms with Crippen LogP contribution in [-0.2, 0) is 6.54 Å². The summed E-state index contributed by atoms with van der Waals surface area (Å²) in [4.78, 5) is 0. The third-order valence-electron chi connectivity index (χ3n) is 1.38. The summed E-state index contributed by atoms with van der Waals surface area (Å²) in [6.45, 7) is 0.549. The molecular weight excluding hydrogens is 152 g/mol. The van der Waals surface area contributed by atoms with Gasteiger partial charge in [-0.1, -0.05) is 6.07 Å². The second-order valence-electron chi connectivity index (χ2n) is 2.21. The standard InChI is InChI=1S/C9H9N2O/c10-5-6-12-9-3-1-8(7-11)2-4-9/h1-3H,6-7,11H2. The van der Waals surface area contributed by atoms with E-state index < -0.39 is 0 Å². The summed E-state index contributed by atoms with van der Waals surface area (Å²) in [7, 11) is 0. The van der Waals surface area contributed by atoms with Crippen molar-refractivity contribution in [2.45, 2.75) is 6.54 Å². The number of rotatable bonds is 3. The number of nitrogens with zero attached hydrogens (tertiary/aromatic N) is 1. The number of hydrogen-bond acceptors (Lipinski definition) is 3. The molecule has 0 aliphatic carbocycles. The molecule has 2 N–H and O–H groups in total. The quantitative estimate of drug-likeness (QED) is 0.714. The second kappa shape index (κ2) is 4.37. The largest absolute Gasteiger partial charge is 0.478 e. The Balaban J connectivity index is 2.60. The first-order chi connectivity index (χ1) is 5.86. The van der Waals surface area contributed by atoms with Crippen LogP contribution in [0, 0.1) is 17.4 Å². The summed E-state index contributed by atoms with van der Waals surface area (Å²) in [5.41, 5.74) is 6.39. The number of ether oxygens (including phenoxy) is 1. The van der Waals surface area contributed by atoms with E-state index in [1.54, 1.807) is 12.1 Å². The fourth-order valence-corrected chi connectivity index (χ4v) is 0.770. The SMILES string of the molecule is N#CCOc1[c]cc(CN)cc1. The second-order valence-corrected chi connectivity index (χ2v) is 2.21. The van der Waals surface area contributed by atoms with Crippen molar-refractivity contribution in [1.82, 2.24) is 0 Å². The Morgan fingerprint density at radius 2 is 2.42 bits per heavy atom. The summed E-state index contributed by atoms with van der Waals surface area (Å²) >= 11 is 0. The maximum absolute atomic E-state index is 8.22. The van der Waals surface area contributed by atoms with E-state index in [0.29, 0.717) is 12.3 Å². The van der Waals surface area contributed by atoms with E-state index >= 15 is 0 Å². The number of benzene rings is 1. The van der Waals surface area contributed by atoms with Gasteiger partial charge >= 0.3 is 0 Å². The monoisotopic (exact) mass is 161 g/mol. The Hall–Kier alpha value is -1.53. The molecule has 0 amide bonds. The molecule has 61 valence electrons. The maximum atomic E-state index is 8.22. The van der Waals surface area contributed by atoms with Crippen LogP contribution in [-0.4, -0.2) is 6.61 Å². The van der Waals surface area contributed by atoms with E-state index in [1.807, 2.05) is 12.1 Å². The molecular formula is C9H9N2O. The number of hydrogen-bond donors (Lipinski definition) is 1. The normalized spacial score (nSPS) is 9.00. The Morgan fingerprint density at radius 3 is 2.92 bits per heavy atom. The summed E-state index contributed by atoms with van der Waals surface area (Å²) in [6, 6.07) is 10.1. The molecule has 12 heavy (non-hydrogen) atoms. The van der Waals surface area contributed by atoms with Crippen LogP contribution in [0.25, 0.3) is 0 Å². The van der Waals surface area contributed by atoms with Crippen molar-refractivity contribution in [3.8, 4) is 11.8 Å². The highest BCUT2D eigenvalue weighted by Crippen LogP contribution is 2.10. The molecule has 0 saturated heterocycles. The lowest BCUT2D eigenvalue weighted by molar-refractivity contribution is 0.367. The summed E-state index contributed by atoms with van der Waals surface area (Å²) in [5, 5.41) is 8.22. The van der Waals surface area contributed by atoms with E-state index in [0.717, 1.165) is 5.56 Å². The fourth-order valence-electron chi connectivity index (χ4n) is 0.770. The highest BCUT2D eigenvalue weighted by atomic mass is 16.5. The third kappa shape index (κ3) is 2.26. The molecule has 0 fully saturated rings. The molecule has 0 spiro atoms.